The third-order valence-corrected chi connectivity index (χ3v) is 9.25. The van der Waals surface area contributed by atoms with E-state index < -0.39 is 135 Å². The number of nitrogens with two attached hydrogens (primary N) is 1. The summed E-state index contributed by atoms with van der Waals surface area (Å²) < 4.78 is 0. The fourth-order valence-corrected chi connectivity index (χ4v) is 5.90. The van der Waals surface area contributed by atoms with Gasteiger partial charge >= 0.3 is 29.8 Å². The molecule has 2 aliphatic heterocycles. The minimum Gasteiger partial charge on any atom is -0.481 e. The van der Waals surface area contributed by atoms with Crippen molar-refractivity contribution in [2.75, 3.05) is 25.5 Å². The molecule has 0 saturated carbocycles. The van der Waals surface area contributed by atoms with Crippen LogP contribution in [-0.2, 0) is 43.2 Å². The van der Waals surface area contributed by atoms with E-state index in [1.807, 2.05) is 4.90 Å². The zero-order valence-corrected chi connectivity index (χ0v) is 35.8. The van der Waals surface area contributed by atoms with Gasteiger partial charge in [-0.05, 0) is 57.0 Å². The van der Waals surface area contributed by atoms with Gasteiger partial charge in [-0.2, -0.15) is 4.99 Å². The lowest BCUT2D eigenvalue weighted by Gasteiger charge is -2.38. The fourth-order valence-electron chi connectivity index (χ4n) is 5.90. The van der Waals surface area contributed by atoms with Crippen molar-refractivity contribution < 1.29 is 73.5 Å². The van der Waals surface area contributed by atoms with Gasteiger partial charge in [-0.25, -0.2) is 19.2 Å². The van der Waals surface area contributed by atoms with Crippen molar-refractivity contribution in [1.82, 2.24) is 31.5 Å². The number of carbonyl (C=O) groups is 10. The lowest BCUT2D eigenvalue weighted by Crippen LogP contribution is -2.62. The maximum Gasteiger partial charge on any atom is 0.326 e. The average molecular weight is 956 g/mol. The van der Waals surface area contributed by atoms with Crippen molar-refractivity contribution in [3.8, 4) is 0 Å². The molecule has 0 aliphatic carbocycles. The molecule has 0 saturated heterocycles. The average Bonchev–Trinajstić information content (AvgIpc) is 3.17. The number of nitrogens with zero attached hydrogens (tertiary/aromatic N) is 3. The molecule has 28 heteroatoms. The highest BCUT2D eigenvalue weighted by atomic mass is 35.5. The zero-order valence-electron chi connectivity index (χ0n) is 33.3. The van der Waals surface area contributed by atoms with Crippen LogP contribution >= 0.6 is 37.2 Å². The third-order valence-electron chi connectivity index (χ3n) is 9.25. The Bertz CT molecular complexity index is 1920. The molecule has 13 N–H and O–H groups in total. The van der Waals surface area contributed by atoms with E-state index in [0.717, 1.165) is 0 Å². The number of carbonyl (C=O) groups excluding carboxylic acids is 5. The third kappa shape index (κ3) is 18.3. The second-order valence-electron chi connectivity index (χ2n) is 13.7. The second kappa shape index (κ2) is 26.9. The maximum absolute atomic E-state index is 12.9. The molecule has 63 heavy (non-hydrogen) atoms. The molecule has 0 radical (unpaired) electrons. The van der Waals surface area contributed by atoms with E-state index >= 15 is 0 Å². The smallest absolute Gasteiger partial charge is 0.326 e. The first-order valence-corrected chi connectivity index (χ1v) is 18.3. The summed E-state index contributed by atoms with van der Waals surface area (Å²) in [5.74, 6) is -11.1. The van der Waals surface area contributed by atoms with Crippen LogP contribution < -0.4 is 37.6 Å². The summed E-state index contributed by atoms with van der Waals surface area (Å²) in [5, 5.41) is 60.9. The largest absolute Gasteiger partial charge is 0.481 e. The van der Waals surface area contributed by atoms with Crippen molar-refractivity contribution in [1.29, 1.82) is 0 Å². The van der Waals surface area contributed by atoms with Gasteiger partial charge in [0, 0.05) is 49.5 Å². The van der Waals surface area contributed by atoms with E-state index in [0.29, 0.717) is 24.6 Å². The van der Waals surface area contributed by atoms with Crippen LogP contribution in [0.4, 0.5) is 5.69 Å². The Labute approximate surface area is 376 Å². The summed E-state index contributed by atoms with van der Waals surface area (Å²) in [7, 11) is 1.75. The molecule has 0 fully saturated rings. The molecule has 6 atom stereocenters. The van der Waals surface area contributed by atoms with E-state index in [-0.39, 0.29) is 60.7 Å². The van der Waals surface area contributed by atoms with Crippen LogP contribution in [0.3, 0.4) is 0 Å². The number of aliphatic imine (C=N–C) groups is 2. The highest BCUT2D eigenvalue weighted by Gasteiger charge is 2.39. The molecule has 350 valence electrons. The fraction of sp³-hybridized carbons (Fsp3) is 0.486. The minimum atomic E-state index is -1.66. The van der Waals surface area contributed by atoms with Crippen molar-refractivity contribution in [3.05, 3.63) is 29.8 Å². The first-order chi connectivity index (χ1) is 28.2. The van der Waals surface area contributed by atoms with Gasteiger partial charge in [-0.1, -0.05) is 0 Å². The first-order valence-electron chi connectivity index (χ1n) is 18.3. The predicted octanol–water partition coefficient (Wildman–Crippen LogP) is -2.01. The molecular weight excluding hydrogens is 907 g/mol. The second-order valence-corrected chi connectivity index (χ2v) is 13.7. The quantitative estimate of drug-likeness (QED) is 0.0532. The number of halogens is 3. The normalized spacial score (nSPS) is 17.1. The lowest BCUT2D eigenvalue weighted by atomic mass is 10.1. The molecule has 2 aliphatic rings. The Morgan fingerprint density at radius 2 is 1.11 bits per heavy atom. The number of fused-ring (bicyclic) bond motifs is 1. The minimum absolute atomic E-state index is 0. The number of hydrogen-bond donors (Lipinski definition) is 12. The molecule has 0 aromatic heterocycles. The number of aliphatic carboxylic acids is 5. The van der Waals surface area contributed by atoms with Crippen LogP contribution in [0.2, 0.25) is 0 Å². The van der Waals surface area contributed by atoms with Crippen LogP contribution in [-0.4, -0.2) is 158 Å². The molecular formula is C35H49Cl3N10O15. The number of guanidine groups is 1. The van der Waals surface area contributed by atoms with Crippen LogP contribution in [0.25, 0.3) is 0 Å². The lowest BCUT2D eigenvalue weighted by molar-refractivity contribution is -0.144. The Morgan fingerprint density at radius 3 is 1.52 bits per heavy atom. The highest BCUT2D eigenvalue weighted by Crippen LogP contribution is 2.17. The van der Waals surface area contributed by atoms with Gasteiger partial charge in [0.05, 0.1) is 6.54 Å². The number of hydrogen-bond acceptors (Lipinski definition) is 15. The maximum atomic E-state index is 12.9. The monoisotopic (exact) mass is 954 g/mol. The number of likely N-dealkylation sites (N-methyl/N-ethyl adjacent to an activating group) is 1. The van der Waals surface area contributed by atoms with E-state index in [4.69, 9.17) is 15.9 Å². The Hall–Kier alpha value is -6.31. The predicted molar refractivity (Wildman–Crippen MR) is 226 cm³/mol. The van der Waals surface area contributed by atoms with E-state index in [9.17, 15) is 63.3 Å². The molecule has 2 heterocycles. The summed E-state index contributed by atoms with van der Waals surface area (Å²) in [4.78, 5) is 130. The summed E-state index contributed by atoms with van der Waals surface area (Å²) in [6.45, 7) is 0.706. The van der Waals surface area contributed by atoms with Crippen LogP contribution in [0.1, 0.15) is 61.7 Å². The van der Waals surface area contributed by atoms with E-state index in [2.05, 4.69) is 41.9 Å². The van der Waals surface area contributed by atoms with Crippen LogP contribution in [0.15, 0.2) is 34.3 Å². The number of benzene rings is 1. The van der Waals surface area contributed by atoms with Crippen molar-refractivity contribution in [3.63, 3.8) is 0 Å². The van der Waals surface area contributed by atoms with Gasteiger partial charge < -0.3 is 57.9 Å². The van der Waals surface area contributed by atoms with Gasteiger partial charge in [-0.3, -0.25) is 44.0 Å². The Kier molecular flexibility index (Phi) is 24.2. The summed E-state index contributed by atoms with van der Waals surface area (Å²) in [6.07, 6.45) is -4.20. The molecule has 3 rings (SSSR count). The molecule has 0 bridgehead atoms. The Morgan fingerprint density at radius 1 is 0.698 bits per heavy atom. The van der Waals surface area contributed by atoms with Crippen molar-refractivity contribution in [2.24, 2.45) is 15.7 Å². The van der Waals surface area contributed by atoms with Gasteiger partial charge in [0.25, 0.3) is 11.8 Å². The summed E-state index contributed by atoms with van der Waals surface area (Å²) >= 11 is 0. The summed E-state index contributed by atoms with van der Waals surface area (Å²) in [5.41, 5.74) is 6.30. The number of amidine groups is 1. The number of carboxylic acid groups (broad SMARTS) is 5. The summed E-state index contributed by atoms with van der Waals surface area (Å²) in [6, 6.07) is -1.30. The highest BCUT2D eigenvalue weighted by molar-refractivity contribution is 6.19. The molecule has 5 amide bonds. The van der Waals surface area contributed by atoms with E-state index in [1.54, 1.807) is 19.2 Å². The molecule has 1 aromatic rings. The number of nitrogens with one attached hydrogen (secondary N) is 6. The van der Waals surface area contributed by atoms with Crippen LogP contribution in [0, 0.1) is 0 Å². The number of carboxylic acids is 5. The first kappa shape index (κ1) is 56.7. The van der Waals surface area contributed by atoms with Crippen LogP contribution in [0.5, 0.6) is 0 Å². The molecule has 25 nitrogen and oxygen atoms in total. The molecule has 2 unspecified atom stereocenters. The van der Waals surface area contributed by atoms with Gasteiger partial charge in [0.2, 0.25) is 23.7 Å². The topological polar surface area (TPSA) is 398 Å². The SMILES string of the molecule is CN1C(CNc2ccc(C(=O)N[C@@H](CCC(=O)N[C@@H](CCC(=O)N[C@@H](CCC(=O)N[C@@H](CCC(=O)O)C(=O)O)C(=O)O)C(=O)O)C(=O)O)cc2)CN=C2N=C(N)NC(=O)C21.Cl.Cl.Cl. The van der Waals surface area contributed by atoms with Gasteiger partial charge in [0.15, 0.2) is 11.9 Å². The number of anilines is 1. The van der Waals surface area contributed by atoms with Gasteiger partial charge in [0.1, 0.15) is 24.2 Å². The standard InChI is InChI=1S/C35H46N10O15.3ClH/c1-45-18(15-38-28-27(45)30(52)44-35(36)43-28)14-37-17-4-2-16(3-5-17)29(51)42-22(34(59)60)8-12-25(48)40-20(32(55)56)6-10-23(46)39-19(31(53)54)7-11-24(47)41-21(33(57)58)9-13-26(49)50;;;/h2-5,18-22,27,37H,6-15H2,1H3,(H,39,46)(H,40,48)(H,41,47)(H,42,51)(H,49,50)(H,53,54)(H,55,56)(H,57,58)(H,59,60)(H3,36,38,43,44,52);3*1H/t18?,19-,20-,21-,22-,27?;;;/m0.../s1. The van der Waals surface area contributed by atoms with E-state index in [1.165, 1.54) is 12.1 Å². The number of amides is 5. The number of rotatable bonds is 24. The molecule has 1 aromatic carbocycles. The van der Waals surface area contributed by atoms with Crippen molar-refractivity contribution >= 4 is 114 Å². The van der Waals surface area contributed by atoms with Gasteiger partial charge in [-0.15, -0.1) is 37.2 Å². The Balaban J connectivity index is 0.0000128. The molecule has 0 spiro atoms. The van der Waals surface area contributed by atoms with Crippen molar-refractivity contribution in [2.45, 2.75) is 87.6 Å². The zero-order chi connectivity index (χ0) is 44.7.